The Morgan fingerprint density at radius 2 is 1.85 bits per heavy atom. The Balaban J connectivity index is 3.06. The van der Waals surface area contributed by atoms with Gasteiger partial charge >= 0.3 is 127 Å². The molecule has 20 heavy (non-hydrogen) atoms. The molecular weight excluding hydrogens is 319 g/mol. The zero-order valence-electron chi connectivity index (χ0n) is 12.5. The third kappa shape index (κ3) is 3.94. The van der Waals surface area contributed by atoms with E-state index in [1.54, 1.807) is 6.92 Å². The van der Waals surface area contributed by atoms with E-state index >= 15 is 0 Å². The van der Waals surface area contributed by atoms with E-state index in [-0.39, 0.29) is 32.6 Å². The number of hydrogen-bond donors (Lipinski definition) is 0. The quantitative estimate of drug-likeness (QED) is 0.565. The van der Waals surface area contributed by atoms with E-state index in [9.17, 15) is 9.59 Å². The number of ketones is 1. The van der Waals surface area contributed by atoms with Crippen molar-refractivity contribution in [3.05, 3.63) is 30.3 Å². The van der Waals surface area contributed by atoms with E-state index in [0.717, 1.165) is 4.46 Å². The Bertz CT molecular complexity index is 458. The van der Waals surface area contributed by atoms with E-state index in [4.69, 9.17) is 4.74 Å². The molecule has 0 aliphatic heterocycles. The van der Waals surface area contributed by atoms with Crippen molar-refractivity contribution >= 4 is 31.2 Å². The predicted octanol–water partition coefficient (Wildman–Crippen LogP) is 2.37. The number of Topliss-reactive ketones (excluding diaryl/α,β-unsaturated/α-hetero) is 1. The number of carbonyl (C=O) groups is 2. The molecule has 0 spiro atoms. The third-order valence-electron chi connectivity index (χ3n) is 3.41. The Hall–Kier alpha value is -1.12. The molecule has 2 atom stereocenters. The summed E-state index contributed by atoms with van der Waals surface area (Å²) in [4.78, 5) is 24.4. The molecule has 4 heteroatoms. The van der Waals surface area contributed by atoms with Crippen molar-refractivity contribution in [1.29, 1.82) is 0 Å². The summed E-state index contributed by atoms with van der Waals surface area (Å²) in [5.41, 5.74) is 0. The summed E-state index contributed by atoms with van der Waals surface area (Å²) in [7, 11) is 0. The molecule has 0 saturated carbocycles. The SMILES string of the molecule is CCOC(=O)C(C)([Se]c1ccccc1)C(C)C(=O)CC. The van der Waals surface area contributed by atoms with Crippen molar-refractivity contribution in [3.8, 4) is 0 Å². The first kappa shape index (κ1) is 16.9. The zero-order valence-corrected chi connectivity index (χ0v) is 14.2. The van der Waals surface area contributed by atoms with Gasteiger partial charge in [-0.1, -0.05) is 0 Å². The predicted molar refractivity (Wildman–Crippen MR) is 81.3 cm³/mol. The van der Waals surface area contributed by atoms with Crippen LogP contribution >= 0.6 is 0 Å². The minimum absolute atomic E-state index is 0.110. The van der Waals surface area contributed by atoms with Gasteiger partial charge in [0.05, 0.1) is 0 Å². The van der Waals surface area contributed by atoms with Crippen LogP contribution in [-0.2, 0) is 14.3 Å². The molecule has 2 unspecified atom stereocenters. The van der Waals surface area contributed by atoms with Crippen LogP contribution in [0.1, 0.15) is 34.1 Å². The van der Waals surface area contributed by atoms with Gasteiger partial charge in [0.15, 0.2) is 0 Å². The van der Waals surface area contributed by atoms with Crippen LogP contribution < -0.4 is 4.46 Å². The maximum atomic E-state index is 12.4. The van der Waals surface area contributed by atoms with Gasteiger partial charge in [-0.15, -0.1) is 0 Å². The fraction of sp³-hybridized carbons (Fsp3) is 0.500. The second-order valence-electron chi connectivity index (χ2n) is 4.78. The van der Waals surface area contributed by atoms with Gasteiger partial charge in [0.25, 0.3) is 0 Å². The summed E-state index contributed by atoms with van der Waals surface area (Å²) in [5, 5.41) is 0. The normalized spacial score (nSPS) is 15.2. The monoisotopic (exact) mass is 342 g/mol. The minimum atomic E-state index is -0.753. The fourth-order valence-corrected chi connectivity index (χ4v) is 4.52. The average molecular weight is 341 g/mol. The van der Waals surface area contributed by atoms with Gasteiger partial charge < -0.3 is 0 Å². The van der Waals surface area contributed by atoms with Crippen LogP contribution in [0.4, 0.5) is 0 Å². The standard InChI is InChI=1S/C16H22O3Se/c1-5-14(17)12(3)16(4,15(18)19-6-2)20-13-10-8-7-9-11-13/h7-12H,5-6H2,1-4H3. The summed E-state index contributed by atoms with van der Waals surface area (Å²) in [6.07, 6.45) is 0.445. The van der Waals surface area contributed by atoms with Crippen molar-refractivity contribution in [2.45, 2.75) is 38.4 Å². The molecule has 1 aromatic carbocycles. The van der Waals surface area contributed by atoms with Crippen LogP contribution in [0.25, 0.3) is 0 Å². The van der Waals surface area contributed by atoms with E-state index in [1.165, 1.54) is 0 Å². The van der Waals surface area contributed by atoms with Gasteiger partial charge in [0.2, 0.25) is 0 Å². The van der Waals surface area contributed by atoms with E-state index in [1.807, 2.05) is 51.1 Å². The molecule has 0 radical (unpaired) electrons. The first-order valence-corrected chi connectivity index (χ1v) is 8.61. The number of esters is 1. The van der Waals surface area contributed by atoms with Gasteiger partial charge in [0.1, 0.15) is 0 Å². The first-order chi connectivity index (χ1) is 9.45. The van der Waals surface area contributed by atoms with E-state index in [2.05, 4.69) is 0 Å². The first-order valence-electron chi connectivity index (χ1n) is 6.89. The summed E-state index contributed by atoms with van der Waals surface area (Å²) in [6.45, 7) is 7.66. The topological polar surface area (TPSA) is 43.4 Å². The van der Waals surface area contributed by atoms with Gasteiger partial charge in [-0.2, -0.15) is 0 Å². The van der Waals surface area contributed by atoms with Crippen LogP contribution in [-0.4, -0.2) is 33.3 Å². The number of rotatable bonds is 7. The molecule has 0 aromatic heterocycles. The van der Waals surface area contributed by atoms with Crippen molar-refractivity contribution in [2.24, 2.45) is 5.92 Å². The van der Waals surface area contributed by atoms with Gasteiger partial charge in [-0.05, 0) is 0 Å². The molecule has 110 valence electrons. The van der Waals surface area contributed by atoms with Crippen molar-refractivity contribution in [1.82, 2.24) is 0 Å². The van der Waals surface area contributed by atoms with Crippen molar-refractivity contribution in [3.63, 3.8) is 0 Å². The fourth-order valence-electron chi connectivity index (χ4n) is 1.93. The molecule has 1 aromatic rings. The number of benzene rings is 1. The zero-order chi connectivity index (χ0) is 15.2. The van der Waals surface area contributed by atoms with Crippen LogP contribution in [0.3, 0.4) is 0 Å². The molecule has 0 amide bonds. The van der Waals surface area contributed by atoms with E-state index in [0.29, 0.717) is 13.0 Å². The molecule has 0 aliphatic carbocycles. The number of carbonyl (C=O) groups excluding carboxylic acids is 2. The van der Waals surface area contributed by atoms with Gasteiger partial charge in [-0.25, -0.2) is 0 Å². The molecule has 0 aliphatic rings. The average Bonchev–Trinajstić information content (AvgIpc) is 2.46. The summed E-state index contributed by atoms with van der Waals surface area (Å²) in [5.74, 6) is -0.483. The van der Waals surface area contributed by atoms with Gasteiger partial charge in [-0.3, -0.25) is 0 Å². The summed E-state index contributed by atoms with van der Waals surface area (Å²) < 4.78 is 5.57. The molecule has 1 rings (SSSR count). The van der Waals surface area contributed by atoms with E-state index < -0.39 is 4.31 Å². The number of hydrogen-bond acceptors (Lipinski definition) is 3. The van der Waals surface area contributed by atoms with Crippen LogP contribution in [0.15, 0.2) is 30.3 Å². The van der Waals surface area contributed by atoms with Crippen LogP contribution in [0.5, 0.6) is 0 Å². The Morgan fingerprint density at radius 3 is 2.35 bits per heavy atom. The molecule has 0 N–H and O–H groups in total. The molecule has 0 saturated heterocycles. The van der Waals surface area contributed by atoms with Crippen LogP contribution in [0, 0.1) is 5.92 Å². The number of ether oxygens (including phenoxy) is 1. The molecule has 3 nitrogen and oxygen atoms in total. The Labute approximate surface area is 127 Å². The van der Waals surface area contributed by atoms with Crippen LogP contribution in [0.2, 0.25) is 4.31 Å². The van der Waals surface area contributed by atoms with Crippen molar-refractivity contribution in [2.75, 3.05) is 6.61 Å². The second kappa shape index (κ2) is 7.61. The Kier molecular flexibility index (Phi) is 6.44. The second-order valence-corrected chi connectivity index (χ2v) is 7.98. The van der Waals surface area contributed by atoms with Gasteiger partial charge in [0, 0.05) is 0 Å². The molecule has 0 bridgehead atoms. The molecule has 0 heterocycles. The summed E-state index contributed by atoms with van der Waals surface area (Å²) in [6, 6.07) is 9.85. The summed E-state index contributed by atoms with van der Waals surface area (Å²) >= 11 is -0.148. The molecule has 0 fully saturated rings. The maximum absolute atomic E-state index is 12.4. The molecular formula is C16H22O3Se. The van der Waals surface area contributed by atoms with Crippen molar-refractivity contribution < 1.29 is 14.3 Å². The Morgan fingerprint density at radius 1 is 1.25 bits per heavy atom. The third-order valence-corrected chi connectivity index (χ3v) is 6.46.